The zero-order valence-electron chi connectivity index (χ0n) is 13.4. The number of para-hydroxylation sites is 2. The van der Waals surface area contributed by atoms with E-state index in [2.05, 4.69) is 25.5 Å². The van der Waals surface area contributed by atoms with Crippen LogP contribution in [-0.2, 0) is 0 Å². The summed E-state index contributed by atoms with van der Waals surface area (Å²) in [4.78, 5) is 32.1. The highest BCUT2D eigenvalue weighted by Crippen LogP contribution is 2.17. The van der Waals surface area contributed by atoms with Crippen LogP contribution in [0.2, 0.25) is 0 Å². The largest absolute Gasteiger partial charge is 0.341 e. The van der Waals surface area contributed by atoms with Gasteiger partial charge in [-0.2, -0.15) is 5.10 Å². The van der Waals surface area contributed by atoms with Crippen LogP contribution in [0.4, 0.5) is 0 Å². The number of amides is 1. The van der Waals surface area contributed by atoms with Crippen LogP contribution in [0.5, 0.6) is 0 Å². The average molecular weight is 333 g/mol. The van der Waals surface area contributed by atoms with E-state index in [0.717, 1.165) is 11.0 Å². The second kappa shape index (κ2) is 5.86. The van der Waals surface area contributed by atoms with E-state index in [0.29, 0.717) is 16.6 Å². The highest BCUT2D eigenvalue weighted by atomic mass is 16.2. The Morgan fingerprint density at radius 3 is 2.60 bits per heavy atom. The van der Waals surface area contributed by atoms with Crippen LogP contribution in [0.3, 0.4) is 0 Å². The lowest BCUT2D eigenvalue weighted by atomic mass is 10.1. The molecule has 0 fully saturated rings. The van der Waals surface area contributed by atoms with Crippen molar-refractivity contribution in [3.63, 3.8) is 0 Å². The number of H-pyrrole nitrogens is 2. The summed E-state index contributed by atoms with van der Waals surface area (Å²) in [5.41, 5.74) is 1.60. The first kappa shape index (κ1) is 15.1. The average Bonchev–Trinajstić information content (AvgIpc) is 3.06. The summed E-state index contributed by atoms with van der Waals surface area (Å²) < 4.78 is 0. The Balaban J connectivity index is 1.66. The Morgan fingerprint density at radius 1 is 1.08 bits per heavy atom. The molecule has 2 aromatic carbocycles. The standard InChI is InChI=1S/C18H15N5O2/c1-10(16-20-13-8-4-5-9-14(13)21-16)19-18(25)15-11-6-2-3-7-12(11)17(24)23-22-15/h2-10H,1H3,(H,19,25)(H,20,21)(H,23,24). The van der Waals surface area contributed by atoms with Gasteiger partial charge < -0.3 is 10.3 Å². The molecule has 7 heteroatoms. The molecule has 0 aliphatic carbocycles. The second-order valence-corrected chi connectivity index (χ2v) is 5.78. The van der Waals surface area contributed by atoms with Gasteiger partial charge in [0.2, 0.25) is 0 Å². The molecule has 124 valence electrons. The molecule has 0 radical (unpaired) electrons. The van der Waals surface area contributed by atoms with Gasteiger partial charge >= 0.3 is 0 Å². The maximum absolute atomic E-state index is 12.6. The summed E-state index contributed by atoms with van der Waals surface area (Å²) in [6, 6.07) is 14.2. The lowest BCUT2D eigenvalue weighted by Gasteiger charge is -2.11. The zero-order chi connectivity index (χ0) is 17.4. The molecule has 0 spiro atoms. The van der Waals surface area contributed by atoms with Crippen molar-refractivity contribution in [1.82, 2.24) is 25.5 Å². The van der Waals surface area contributed by atoms with Crippen molar-refractivity contribution in [2.45, 2.75) is 13.0 Å². The fourth-order valence-electron chi connectivity index (χ4n) is 2.80. The first-order valence-electron chi connectivity index (χ1n) is 7.86. The van der Waals surface area contributed by atoms with E-state index < -0.39 is 0 Å². The summed E-state index contributed by atoms with van der Waals surface area (Å²) in [7, 11) is 0. The maximum Gasteiger partial charge on any atom is 0.272 e. The summed E-state index contributed by atoms with van der Waals surface area (Å²) in [6.45, 7) is 1.84. The number of rotatable bonds is 3. The summed E-state index contributed by atoms with van der Waals surface area (Å²) in [6.07, 6.45) is 0. The Kier molecular flexibility index (Phi) is 3.53. The normalized spacial score (nSPS) is 12.4. The topological polar surface area (TPSA) is 104 Å². The molecular weight excluding hydrogens is 318 g/mol. The number of carbonyl (C=O) groups is 1. The molecule has 0 saturated carbocycles. The van der Waals surface area contributed by atoms with E-state index in [4.69, 9.17) is 0 Å². The highest BCUT2D eigenvalue weighted by molar-refractivity contribution is 6.04. The van der Waals surface area contributed by atoms with E-state index in [1.807, 2.05) is 31.2 Å². The van der Waals surface area contributed by atoms with Crippen molar-refractivity contribution in [2.75, 3.05) is 0 Å². The molecular formula is C18H15N5O2. The number of imidazole rings is 1. The molecule has 1 unspecified atom stereocenters. The zero-order valence-corrected chi connectivity index (χ0v) is 13.4. The second-order valence-electron chi connectivity index (χ2n) is 5.78. The summed E-state index contributed by atoms with van der Waals surface area (Å²) in [5, 5.41) is 10.1. The third-order valence-electron chi connectivity index (χ3n) is 4.08. The smallest absolute Gasteiger partial charge is 0.272 e. The summed E-state index contributed by atoms with van der Waals surface area (Å²) >= 11 is 0. The predicted molar refractivity (Wildman–Crippen MR) is 94.3 cm³/mol. The van der Waals surface area contributed by atoms with Gasteiger partial charge in [0, 0.05) is 5.39 Å². The molecule has 4 aromatic rings. The van der Waals surface area contributed by atoms with E-state index in [1.54, 1.807) is 24.3 Å². The van der Waals surface area contributed by atoms with Crippen molar-refractivity contribution in [2.24, 2.45) is 0 Å². The number of carbonyl (C=O) groups excluding carboxylic acids is 1. The molecule has 2 heterocycles. The van der Waals surface area contributed by atoms with Crippen LogP contribution in [0.1, 0.15) is 29.3 Å². The van der Waals surface area contributed by atoms with Gasteiger partial charge in [0.15, 0.2) is 5.69 Å². The van der Waals surface area contributed by atoms with Crippen LogP contribution in [0.25, 0.3) is 21.8 Å². The number of hydrogen-bond acceptors (Lipinski definition) is 4. The molecule has 1 atom stereocenters. The van der Waals surface area contributed by atoms with E-state index >= 15 is 0 Å². The maximum atomic E-state index is 12.6. The molecule has 25 heavy (non-hydrogen) atoms. The van der Waals surface area contributed by atoms with Crippen LogP contribution < -0.4 is 10.9 Å². The minimum atomic E-state index is -0.375. The van der Waals surface area contributed by atoms with Gasteiger partial charge in [0.25, 0.3) is 11.5 Å². The van der Waals surface area contributed by atoms with Gasteiger partial charge in [-0.3, -0.25) is 9.59 Å². The number of aromatic amines is 2. The quantitative estimate of drug-likeness (QED) is 0.535. The van der Waals surface area contributed by atoms with Gasteiger partial charge in [-0.1, -0.05) is 30.3 Å². The number of nitrogens with zero attached hydrogens (tertiary/aromatic N) is 2. The fourth-order valence-corrected chi connectivity index (χ4v) is 2.80. The first-order valence-corrected chi connectivity index (χ1v) is 7.86. The van der Waals surface area contributed by atoms with E-state index in [-0.39, 0.29) is 23.2 Å². The minimum absolute atomic E-state index is 0.179. The van der Waals surface area contributed by atoms with Crippen molar-refractivity contribution in [3.8, 4) is 0 Å². The SMILES string of the molecule is CC(NC(=O)c1n[nH]c(=O)c2ccccc12)c1nc2ccccc2[nH]1. The van der Waals surface area contributed by atoms with E-state index in [1.165, 1.54) is 0 Å². The van der Waals surface area contributed by atoms with Crippen molar-refractivity contribution >= 4 is 27.7 Å². The van der Waals surface area contributed by atoms with Gasteiger partial charge in [-0.15, -0.1) is 0 Å². The van der Waals surface area contributed by atoms with Gasteiger partial charge in [-0.25, -0.2) is 10.1 Å². The molecule has 4 rings (SSSR count). The molecule has 0 aliphatic rings. The molecule has 0 bridgehead atoms. The minimum Gasteiger partial charge on any atom is -0.341 e. The Hall–Kier alpha value is -3.48. The van der Waals surface area contributed by atoms with Gasteiger partial charge in [0.1, 0.15) is 5.82 Å². The lowest BCUT2D eigenvalue weighted by Crippen LogP contribution is -2.29. The number of hydrogen-bond donors (Lipinski definition) is 3. The first-order chi connectivity index (χ1) is 12.1. The molecule has 3 N–H and O–H groups in total. The number of fused-ring (bicyclic) bond motifs is 2. The highest BCUT2D eigenvalue weighted by Gasteiger charge is 2.18. The van der Waals surface area contributed by atoms with Crippen molar-refractivity contribution in [3.05, 3.63) is 70.4 Å². The Morgan fingerprint density at radius 2 is 1.80 bits per heavy atom. The third-order valence-corrected chi connectivity index (χ3v) is 4.08. The van der Waals surface area contributed by atoms with Crippen molar-refractivity contribution < 1.29 is 4.79 Å². The number of aromatic nitrogens is 4. The fraction of sp³-hybridized carbons (Fsp3) is 0.111. The lowest BCUT2D eigenvalue weighted by molar-refractivity contribution is 0.0934. The molecule has 1 amide bonds. The molecule has 7 nitrogen and oxygen atoms in total. The predicted octanol–water partition coefficient (Wildman–Crippen LogP) is 2.29. The van der Waals surface area contributed by atoms with Crippen LogP contribution in [0.15, 0.2) is 53.3 Å². The molecule has 2 aromatic heterocycles. The van der Waals surface area contributed by atoms with E-state index in [9.17, 15) is 9.59 Å². The van der Waals surface area contributed by atoms with Crippen molar-refractivity contribution in [1.29, 1.82) is 0 Å². The van der Waals surface area contributed by atoms with Gasteiger partial charge in [0.05, 0.1) is 22.5 Å². The van der Waals surface area contributed by atoms with Crippen LogP contribution in [0, 0.1) is 0 Å². The third kappa shape index (κ3) is 2.65. The Labute approximate surface area is 142 Å². The van der Waals surface area contributed by atoms with Crippen LogP contribution >= 0.6 is 0 Å². The number of nitrogens with one attached hydrogen (secondary N) is 3. The molecule has 0 saturated heterocycles. The van der Waals surface area contributed by atoms with Gasteiger partial charge in [-0.05, 0) is 25.1 Å². The molecule has 0 aliphatic heterocycles. The Bertz CT molecular complexity index is 1110. The summed E-state index contributed by atoms with van der Waals surface area (Å²) in [5.74, 6) is 0.281. The van der Waals surface area contributed by atoms with Crippen LogP contribution in [-0.4, -0.2) is 26.1 Å². The monoisotopic (exact) mass is 333 g/mol. The number of benzene rings is 2.